The molecular weight excluding hydrogens is 574 g/mol. The number of ether oxygens (including phenoxy) is 1. The van der Waals surface area contributed by atoms with E-state index in [-0.39, 0.29) is 25.5 Å². The van der Waals surface area contributed by atoms with E-state index in [0.717, 1.165) is 0 Å². The van der Waals surface area contributed by atoms with Crippen LogP contribution in [0.4, 0.5) is 0 Å². The predicted octanol–water partition coefficient (Wildman–Crippen LogP) is -3.56. The first-order valence-corrected chi connectivity index (χ1v) is 13.8. The topological polar surface area (TPSA) is 284 Å². The lowest BCUT2D eigenvalue weighted by atomic mass is 10.0. The molecule has 10 N–H and O–H groups in total. The molecule has 0 spiro atoms. The van der Waals surface area contributed by atoms with E-state index in [1.807, 2.05) is 0 Å². The zero-order valence-corrected chi connectivity index (χ0v) is 24.9. The molecule has 0 aromatic rings. The van der Waals surface area contributed by atoms with Crippen LogP contribution in [-0.2, 0) is 38.3 Å². The fourth-order valence-corrected chi connectivity index (χ4v) is 3.69. The Morgan fingerprint density at radius 1 is 0.884 bits per heavy atom. The highest BCUT2D eigenvalue weighted by Crippen LogP contribution is 2.13. The van der Waals surface area contributed by atoms with Gasteiger partial charge in [0.2, 0.25) is 29.5 Å². The first-order valence-electron chi connectivity index (χ1n) is 13.8. The van der Waals surface area contributed by atoms with Crippen molar-refractivity contribution in [2.75, 3.05) is 6.61 Å². The summed E-state index contributed by atoms with van der Waals surface area (Å²) < 4.78 is 5.49. The largest absolute Gasteiger partial charge is 0.480 e. The molecule has 0 aliphatic rings. The Kier molecular flexibility index (Phi) is 17.8. The van der Waals surface area contributed by atoms with E-state index in [1.165, 1.54) is 13.8 Å². The second kappa shape index (κ2) is 19.5. The van der Waals surface area contributed by atoms with Crippen LogP contribution in [0.25, 0.3) is 0 Å². The number of primary amides is 1. The van der Waals surface area contributed by atoms with Crippen molar-refractivity contribution in [3.05, 3.63) is 0 Å². The third kappa shape index (κ3) is 13.9. The van der Waals surface area contributed by atoms with Crippen LogP contribution in [0.15, 0.2) is 0 Å². The molecule has 246 valence electrons. The lowest BCUT2D eigenvalue weighted by Crippen LogP contribution is -2.57. The predicted molar refractivity (Wildman–Crippen MR) is 149 cm³/mol. The van der Waals surface area contributed by atoms with E-state index in [1.54, 1.807) is 20.8 Å². The average Bonchev–Trinajstić information content (AvgIpc) is 2.93. The standard InChI is InChI=1S/C26H45N5O12/c1-6-7-18(35)29-16(10-32)22(21(37)17(34)11-33)43-14(5)25(40)28-13(4)24(39)30-15(23(27)38)8-9-19(36)31-20(12(2)3)26(41)42/h10,12-17,20-22,33-34,37H,6-9,11H2,1-5H3,(H2,27,38)(H,28,40)(H,29,35)(H,30,39)(H,31,36)(H,41,42)/t13?,14?,15?,16-,17+,20?,21+,22+/m0/s1. The number of nitrogens with one attached hydrogen (secondary N) is 4. The number of nitrogens with two attached hydrogens (primary N) is 1. The summed E-state index contributed by atoms with van der Waals surface area (Å²) in [7, 11) is 0. The van der Waals surface area contributed by atoms with E-state index < -0.39 is 96.6 Å². The van der Waals surface area contributed by atoms with Gasteiger partial charge in [0.1, 0.15) is 54.9 Å². The van der Waals surface area contributed by atoms with Crippen LogP contribution in [0, 0.1) is 5.92 Å². The molecule has 17 heteroatoms. The molecule has 0 aromatic carbocycles. The van der Waals surface area contributed by atoms with Crippen LogP contribution in [0.3, 0.4) is 0 Å². The van der Waals surface area contributed by atoms with E-state index in [2.05, 4.69) is 21.3 Å². The van der Waals surface area contributed by atoms with Gasteiger partial charge < -0.3 is 57.0 Å². The monoisotopic (exact) mass is 619 g/mol. The summed E-state index contributed by atoms with van der Waals surface area (Å²) >= 11 is 0. The number of rotatable bonds is 21. The van der Waals surface area contributed by atoms with E-state index in [4.69, 9.17) is 10.5 Å². The minimum atomic E-state index is -1.90. The lowest BCUT2D eigenvalue weighted by Gasteiger charge is -2.32. The molecule has 0 fully saturated rings. The second-order valence-corrected chi connectivity index (χ2v) is 10.3. The zero-order valence-electron chi connectivity index (χ0n) is 24.9. The molecule has 43 heavy (non-hydrogen) atoms. The minimum absolute atomic E-state index is 0.0378. The number of carbonyl (C=O) groups is 7. The van der Waals surface area contributed by atoms with Crippen molar-refractivity contribution in [3.8, 4) is 0 Å². The molecule has 0 bridgehead atoms. The number of hydrogen-bond donors (Lipinski definition) is 9. The third-order valence-electron chi connectivity index (χ3n) is 6.27. The first-order chi connectivity index (χ1) is 20.0. The van der Waals surface area contributed by atoms with Gasteiger partial charge in [0.25, 0.3) is 0 Å². The first kappa shape index (κ1) is 39.3. The molecule has 0 heterocycles. The number of aliphatic carboxylic acids is 1. The quantitative estimate of drug-likeness (QED) is 0.0564. The lowest BCUT2D eigenvalue weighted by molar-refractivity contribution is -0.158. The van der Waals surface area contributed by atoms with E-state index >= 15 is 0 Å². The van der Waals surface area contributed by atoms with E-state index in [0.29, 0.717) is 6.42 Å². The summed E-state index contributed by atoms with van der Waals surface area (Å²) in [6.07, 6.45) is -6.72. The van der Waals surface area contributed by atoms with Crippen molar-refractivity contribution >= 4 is 41.8 Å². The average molecular weight is 620 g/mol. The molecule has 0 radical (unpaired) electrons. The molecule has 0 aliphatic carbocycles. The molecular formula is C26H45N5O12. The van der Waals surface area contributed by atoms with Crippen molar-refractivity contribution in [2.45, 2.75) is 109 Å². The maximum absolute atomic E-state index is 12.8. The summed E-state index contributed by atoms with van der Waals surface area (Å²) in [5, 5.41) is 48.0. The van der Waals surface area contributed by atoms with Gasteiger partial charge >= 0.3 is 5.97 Å². The van der Waals surface area contributed by atoms with Crippen molar-refractivity contribution in [1.82, 2.24) is 21.3 Å². The van der Waals surface area contributed by atoms with Gasteiger partial charge in [0.15, 0.2) is 0 Å². The molecule has 5 amide bonds. The number of aliphatic hydroxyl groups is 3. The minimum Gasteiger partial charge on any atom is -0.480 e. The van der Waals surface area contributed by atoms with Gasteiger partial charge in [-0.3, -0.25) is 24.0 Å². The Hall–Kier alpha value is -3.67. The Morgan fingerprint density at radius 3 is 1.93 bits per heavy atom. The van der Waals surface area contributed by atoms with Crippen molar-refractivity contribution < 1.29 is 58.7 Å². The van der Waals surface area contributed by atoms with E-state index in [9.17, 15) is 54.0 Å². The van der Waals surface area contributed by atoms with Crippen LogP contribution in [-0.4, -0.2) is 117 Å². The maximum Gasteiger partial charge on any atom is 0.326 e. The highest BCUT2D eigenvalue weighted by Gasteiger charge is 2.37. The molecule has 8 atom stereocenters. The smallest absolute Gasteiger partial charge is 0.326 e. The molecule has 17 nitrogen and oxygen atoms in total. The zero-order chi connectivity index (χ0) is 33.4. The van der Waals surface area contributed by atoms with Crippen molar-refractivity contribution in [3.63, 3.8) is 0 Å². The summed E-state index contributed by atoms with van der Waals surface area (Å²) in [6, 6.07) is -5.29. The van der Waals surface area contributed by atoms with Gasteiger partial charge in [-0.1, -0.05) is 20.8 Å². The Balaban J connectivity index is 5.37. The van der Waals surface area contributed by atoms with Crippen molar-refractivity contribution in [2.24, 2.45) is 11.7 Å². The highest BCUT2D eigenvalue weighted by molar-refractivity contribution is 5.92. The van der Waals surface area contributed by atoms with Gasteiger partial charge in [-0.2, -0.15) is 0 Å². The van der Waals surface area contributed by atoms with Gasteiger partial charge in [0, 0.05) is 12.8 Å². The van der Waals surface area contributed by atoms with Crippen LogP contribution >= 0.6 is 0 Å². The molecule has 0 saturated heterocycles. The molecule has 4 unspecified atom stereocenters. The summed E-state index contributed by atoms with van der Waals surface area (Å²) in [4.78, 5) is 84.5. The second-order valence-electron chi connectivity index (χ2n) is 10.3. The summed E-state index contributed by atoms with van der Waals surface area (Å²) in [6.45, 7) is 6.44. The van der Waals surface area contributed by atoms with Gasteiger partial charge in [-0.15, -0.1) is 0 Å². The van der Waals surface area contributed by atoms with Crippen LogP contribution in [0.5, 0.6) is 0 Å². The number of carboxylic acid groups (broad SMARTS) is 1. The fraction of sp³-hybridized carbons (Fsp3) is 0.731. The SMILES string of the molecule is CCCC(=O)N[C@@H](C=O)[C@@H](OC(C)C(=O)NC(C)C(=O)NC(CCC(=O)NC(C(=O)O)C(C)C)C(N)=O)[C@H](O)[C@H](O)CO. The molecule has 0 aliphatic heterocycles. The molecule has 0 saturated carbocycles. The van der Waals surface area contributed by atoms with Gasteiger partial charge in [0.05, 0.1) is 6.61 Å². The Labute approximate surface area is 249 Å². The summed E-state index contributed by atoms with van der Waals surface area (Å²) in [5.41, 5.74) is 5.33. The number of carbonyl (C=O) groups excluding carboxylic acids is 6. The highest BCUT2D eigenvalue weighted by atomic mass is 16.5. The van der Waals surface area contributed by atoms with Gasteiger partial charge in [-0.25, -0.2) is 4.79 Å². The number of aldehydes is 1. The van der Waals surface area contributed by atoms with Crippen LogP contribution in [0.2, 0.25) is 0 Å². The molecule has 0 aromatic heterocycles. The molecule has 0 rings (SSSR count). The third-order valence-corrected chi connectivity index (χ3v) is 6.27. The van der Waals surface area contributed by atoms with Crippen molar-refractivity contribution in [1.29, 1.82) is 0 Å². The number of carboxylic acids is 1. The van der Waals surface area contributed by atoms with Crippen LogP contribution in [0.1, 0.15) is 60.3 Å². The fourth-order valence-electron chi connectivity index (χ4n) is 3.69. The van der Waals surface area contributed by atoms with Crippen LogP contribution < -0.4 is 27.0 Å². The maximum atomic E-state index is 12.8. The summed E-state index contributed by atoms with van der Waals surface area (Å²) in [5.74, 6) is -5.68. The Morgan fingerprint density at radius 2 is 1.47 bits per heavy atom. The number of hydrogen-bond acceptors (Lipinski definition) is 11. The number of aliphatic hydroxyl groups excluding tert-OH is 3. The number of amides is 5. The van der Waals surface area contributed by atoms with Gasteiger partial charge in [-0.05, 0) is 32.6 Å². The normalized spacial score (nSPS) is 16.8. The Bertz CT molecular complexity index is 978.